The highest BCUT2D eigenvalue weighted by molar-refractivity contribution is 7.89. The number of rotatable bonds is 6. The van der Waals surface area contributed by atoms with Gasteiger partial charge in [0.15, 0.2) is 0 Å². The van der Waals surface area contributed by atoms with Gasteiger partial charge in [0.1, 0.15) is 0 Å². The molecule has 0 bridgehead atoms. The summed E-state index contributed by atoms with van der Waals surface area (Å²) < 4.78 is 27.4. The number of hydrogen-bond acceptors (Lipinski definition) is 3. The molecule has 2 aromatic rings. The van der Waals surface area contributed by atoms with Crippen molar-refractivity contribution in [2.45, 2.75) is 50.0 Å². The van der Waals surface area contributed by atoms with E-state index >= 15 is 0 Å². The summed E-state index contributed by atoms with van der Waals surface area (Å²) in [7, 11) is -3.62. The minimum absolute atomic E-state index is 0.0926. The number of nitrogens with one attached hydrogen (secondary N) is 2. The molecule has 0 aromatic heterocycles. The number of amides is 1. The average molecular weight is 375 g/mol. The maximum Gasteiger partial charge on any atom is 0.240 e. The van der Waals surface area contributed by atoms with E-state index < -0.39 is 10.0 Å². The zero-order valence-electron chi connectivity index (χ0n) is 15.1. The Kier molecular flexibility index (Phi) is 5.94. The van der Waals surface area contributed by atoms with Crippen LogP contribution in [-0.4, -0.2) is 26.9 Å². The number of benzene rings is 2. The number of hydrogen-bond donors (Lipinski definition) is 2. The second kappa shape index (κ2) is 8.18. The Balaban J connectivity index is 1.55. The van der Waals surface area contributed by atoms with Crippen molar-refractivity contribution in [1.82, 2.24) is 10.0 Å². The zero-order chi connectivity index (χ0) is 18.6. The minimum atomic E-state index is -3.62. The summed E-state index contributed by atoms with van der Waals surface area (Å²) in [5.41, 5.74) is 0. The molecule has 0 aliphatic heterocycles. The van der Waals surface area contributed by atoms with Crippen molar-refractivity contribution in [2.75, 3.05) is 6.54 Å². The molecule has 6 heteroatoms. The van der Waals surface area contributed by atoms with E-state index in [0.29, 0.717) is 5.92 Å². The highest BCUT2D eigenvalue weighted by atomic mass is 32.2. The van der Waals surface area contributed by atoms with Crippen LogP contribution >= 0.6 is 0 Å². The molecule has 2 aromatic carbocycles. The van der Waals surface area contributed by atoms with Crippen LogP contribution in [0.25, 0.3) is 10.8 Å². The van der Waals surface area contributed by atoms with Gasteiger partial charge in [0, 0.05) is 19.0 Å². The molecule has 0 heterocycles. The van der Waals surface area contributed by atoms with E-state index in [4.69, 9.17) is 0 Å². The molecule has 0 spiro atoms. The first-order chi connectivity index (χ1) is 12.5. The van der Waals surface area contributed by atoms with Crippen LogP contribution in [0.3, 0.4) is 0 Å². The molecule has 0 radical (unpaired) electrons. The predicted octanol–water partition coefficient (Wildman–Crippen LogP) is 3.20. The van der Waals surface area contributed by atoms with Gasteiger partial charge < -0.3 is 5.32 Å². The van der Waals surface area contributed by atoms with Crippen LogP contribution in [0.4, 0.5) is 0 Å². The molecule has 1 fully saturated rings. The summed E-state index contributed by atoms with van der Waals surface area (Å²) in [5.74, 6) is 0.395. The first kappa shape index (κ1) is 18.9. The Morgan fingerprint density at radius 2 is 1.81 bits per heavy atom. The highest BCUT2D eigenvalue weighted by Crippen LogP contribution is 2.23. The Labute approximate surface area is 155 Å². The van der Waals surface area contributed by atoms with Crippen molar-refractivity contribution in [3.05, 3.63) is 42.5 Å². The Bertz CT molecular complexity index is 880. The number of fused-ring (bicyclic) bond motifs is 1. The fourth-order valence-electron chi connectivity index (χ4n) is 3.53. The summed E-state index contributed by atoms with van der Waals surface area (Å²) in [6.45, 7) is 2.26. The van der Waals surface area contributed by atoms with E-state index in [0.717, 1.165) is 30.0 Å². The Morgan fingerprint density at radius 3 is 2.58 bits per heavy atom. The second-order valence-corrected chi connectivity index (χ2v) is 8.86. The van der Waals surface area contributed by atoms with Gasteiger partial charge in [0.25, 0.3) is 0 Å². The Hall–Kier alpha value is -1.92. The van der Waals surface area contributed by atoms with Crippen LogP contribution in [-0.2, 0) is 14.8 Å². The molecule has 0 saturated heterocycles. The second-order valence-electron chi connectivity index (χ2n) is 7.09. The van der Waals surface area contributed by atoms with Gasteiger partial charge in [-0.1, -0.05) is 50.1 Å². The summed E-state index contributed by atoms with van der Waals surface area (Å²) in [6.07, 6.45) is 4.66. The van der Waals surface area contributed by atoms with Gasteiger partial charge in [-0.15, -0.1) is 0 Å². The third kappa shape index (κ3) is 4.62. The van der Waals surface area contributed by atoms with Crippen LogP contribution in [0, 0.1) is 5.92 Å². The minimum Gasteiger partial charge on any atom is -0.353 e. The van der Waals surface area contributed by atoms with Crippen LogP contribution in [0.1, 0.15) is 39.0 Å². The van der Waals surface area contributed by atoms with Crippen molar-refractivity contribution < 1.29 is 13.2 Å². The van der Waals surface area contributed by atoms with E-state index in [9.17, 15) is 13.2 Å². The maximum absolute atomic E-state index is 12.5. The molecule has 1 aliphatic rings. The van der Waals surface area contributed by atoms with Gasteiger partial charge >= 0.3 is 0 Å². The molecule has 0 unspecified atom stereocenters. The molecule has 2 N–H and O–H groups in total. The molecular formula is C20H26N2O3S. The monoisotopic (exact) mass is 374 g/mol. The van der Waals surface area contributed by atoms with Crippen molar-refractivity contribution in [2.24, 2.45) is 5.92 Å². The summed E-state index contributed by atoms with van der Waals surface area (Å²) in [6, 6.07) is 12.9. The first-order valence-corrected chi connectivity index (χ1v) is 10.7. The third-order valence-electron chi connectivity index (χ3n) is 5.13. The fourth-order valence-corrected chi connectivity index (χ4v) is 4.59. The standard InChI is InChI=1S/C20H26N2O3S/c1-15-6-2-5-9-19(15)22-20(23)12-13-21-26(24,25)18-11-10-16-7-3-4-8-17(16)14-18/h3-4,7-8,10-11,14-15,19,21H,2,5-6,9,12-13H2,1H3,(H,22,23)/t15-,19+/m1/s1. The van der Waals surface area contributed by atoms with Crippen LogP contribution in [0.5, 0.6) is 0 Å². The molecule has 26 heavy (non-hydrogen) atoms. The number of carbonyl (C=O) groups is 1. The highest BCUT2D eigenvalue weighted by Gasteiger charge is 2.23. The van der Waals surface area contributed by atoms with E-state index in [1.807, 2.05) is 24.3 Å². The van der Waals surface area contributed by atoms with Gasteiger partial charge in [-0.05, 0) is 41.7 Å². The van der Waals surface area contributed by atoms with Crippen LogP contribution in [0.15, 0.2) is 47.4 Å². The van der Waals surface area contributed by atoms with E-state index in [-0.39, 0.29) is 29.8 Å². The lowest BCUT2D eigenvalue weighted by Crippen LogP contribution is -2.42. The average Bonchev–Trinajstić information content (AvgIpc) is 2.63. The molecule has 3 rings (SSSR count). The molecule has 140 valence electrons. The maximum atomic E-state index is 12.5. The predicted molar refractivity (Wildman–Crippen MR) is 103 cm³/mol. The Morgan fingerprint density at radius 1 is 1.08 bits per heavy atom. The topological polar surface area (TPSA) is 75.3 Å². The first-order valence-electron chi connectivity index (χ1n) is 9.23. The normalized spacial score (nSPS) is 20.8. The van der Waals surface area contributed by atoms with Gasteiger partial charge in [0.05, 0.1) is 4.90 Å². The number of sulfonamides is 1. The summed E-state index contributed by atoms with van der Waals surface area (Å²) in [4.78, 5) is 12.3. The quantitative estimate of drug-likeness (QED) is 0.815. The van der Waals surface area contributed by atoms with E-state index in [1.165, 1.54) is 6.42 Å². The van der Waals surface area contributed by atoms with E-state index in [1.54, 1.807) is 18.2 Å². The van der Waals surface area contributed by atoms with Gasteiger partial charge in [0.2, 0.25) is 15.9 Å². The van der Waals surface area contributed by atoms with Crippen LogP contribution in [0.2, 0.25) is 0 Å². The lowest BCUT2D eigenvalue weighted by atomic mass is 9.86. The van der Waals surface area contributed by atoms with Crippen molar-refractivity contribution in [3.8, 4) is 0 Å². The molecule has 5 nitrogen and oxygen atoms in total. The van der Waals surface area contributed by atoms with Gasteiger partial charge in [-0.2, -0.15) is 0 Å². The van der Waals surface area contributed by atoms with Gasteiger partial charge in [-0.25, -0.2) is 13.1 Å². The zero-order valence-corrected chi connectivity index (χ0v) is 15.9. The summed E-state index contributed by atoms with van der Waals surface area (Å²) >= 11 is 0. The van der Waals surface area contributed by atoms with Crippen LogP contribution < -0.4 is 10.0 Å². The van der Waals surface area contributed by atoms with Crippen molar-refractivity contribution in [1.29, 1.82) is 0 Å². The fraction of sp³-hybridized carbons (Fsp3) is 0.450. The lowest BCUT2D eigenvalue weighted by molar-refractivity contribution is -0.122. The van der Waals surface area contributed by atoms with Crippen molar-refractivity contribution >= 4 is 26.7 Å². The molecule has 1 saturated carbocycles. The van der Waals surface area contributed by atoms with Crippen molar-refractivity contribution in [3.63, 3.8) is 0 Å². The molecule has 2 atom stereocenters. The number of carbonyl (C=O) groups excluding carboxylic acids is 1. The molecule has 1 aliphatic carbocycles. The van der Waals surface area contributed by atoms with E-state index in [2.05, 4.69) is 17.0 Å². The third-order valence-corrected chi connectivity index (χ3v) is 6.59. The molecular weight excluding hydrogens is 348 g/mol. The lowest BCUT2D eigenvalue weighted by Gasteiger charge is -2.29. The van der Waals surface area contributed by atoms with Gasteiger partial charge in [-0.3, -0.25) is 4.79 Å². The largest absolute Gasteiger partial charge is 0.353 e. The summed E-state index contributed by atoms with van der Waals surface area (Å²) in [5, 5.41) is 4.91. The SMILES string of the molecule is C[C@@H]1CCCC[C@@H]1NC(=O)CCNS(=O)(=O)c1ccc2ccccc2c1. The smallest absolute Gasteiger partial charge is 0.240 e. The molecule has 1 amide bonds.